The largest absolute Gasteiger partial charge is 0.311 e. The van der Waals surface area contributed by atoms with E-state index in [1.807, 2.05) is 19.9 Å². The Labute approximate surface area is 341 Å². The zero-order valence-corrected chi connectivity index (χ0v) is 36.0. The molecule has 0 radical (unpaired) electrons. The highest BCUT2D eigenvalue weighted by Crippen LogP contribution is 2.29. The summed E-state index contributed by atoms with van der Waals surface area (Å²) < 4.78 is 48.0. The lowest BCUT2D eigenvalue weighted by molar-refractivity contribution is -0.125. The van der Waals surface area contributed by atoms with Crippen molar-refractivity contribution in [1.82, 2.24) is 14.5 Å². The molecule has 3 aromatic carbocycles. The summed E-state index contributed by atoms with van der Waals surface area (Å²) in [6.07, 6.45) is 3.39. The third-order valence-corrected chi connectivity index (χ3v) is 13.4. The van der Waals surface area contributed by atoms with Crippen LogP contribution in [0.3, 0.4) is 0 Å². The van der Waals surface area contributed by atoms with Gasteiger partial charge in [-0.05, 0) is 95.6 Å². The molecule has 0 saturated carbocycles. The maximum absolute atomic E-state index is 12.6. The third-order valence-electron chi connectivity index (χ3n) is 9.42. The molecule has 15 heteroatoms. The molecular weight excluding hydrogens is 805 g/mol. The van der Waals surface area contributed by atoms with Gasteiger partial charge in [0.2, 0.25) is 10.0 Å². The van der Waals surface area contributed by atoms with E-state index in [1.54, 1.807) is 26.0 Å². The number of ketones is 3. The standard InChI is InChI=1S/C14H19NO.C13H16ClNO3S.C7H13NO.C6H4Cl2O2S/c1-11-8-14(16)9-12(2)15(11)10-13-6-4-3-5-7-13;1-9-7-12(16)8-10(2)15(9)19(17,18)13-5-3-11(14)4-6-13;1-5-3-7(9)4-6(2)8-5;7-5-1-3-6(4-2-5)11(8,9)10/h3-7,11-12H,8-10H2,1-2H3;3-6,9-10H,7-8H2,1-2H3;5-6,8H,3-4H2,1-2H3;1-4H/t11-,12+;9-,10+;5-,6+;. The molecule has 3 fully saturated rings. The van der Waals surface area contributed by atoms with Crippen LogP contribution in [0.1, 0.15) is 85.6 Å². The van der Waals surface area contributed by atoms with Crippen molar-refractivity contribution >= 4 is 70.3 Å². The number of halogens is 3. The Balaban J connectivity index is 0.000000205. The van der Waals surface area contributed by atoms with E-state index in [1.165, 1.54) is 46.3 Å². The van der Waals surface area contributed by atoms with Crippen molar-refractivity contribution in [3.63, 3.8) is 0 Å². The van der Waals surface area contributed by atoms with Crippen molar-refractivity contribution in [1.29, 1.82) is 0 Å². The summed E-state index contributed by atoms with van der Waals surface area (Å²) in [6.45, 7) is 12.9. The molecule has 0 amide bonds. The lowest BCUT2D eigenvalue weighted by Gasteiger charge is -2.38. The molecule has 0 bridgehead atoms. The summed E-state index contributed by atoms with van der Waals surface area (Å²) in [6, 6.07) is 23.1. The van der Waals surface area contributed by atoms with Gasteiger partial charge in [0, 0.05) is 102 Å². The third kappa shape index (κ3) is 15.0. The first-order valence-corrected chi connectivity index (χ1v) is 22.8. The Hall–Kier alpha value is -2.68. The zero-order chi connectivity index (χ0) is 41.1. The molecule has 10 nitrogen and oxygen atoms in total. The first-order chi connectivity index (χ1) is 25.7. The number of hydrogen-bond acceptors (Lipinski definition) is 9. The fourth-order valence-electron chi connectivity index (χ4n) is 7.04. The van der Waals surface area contributed by atoms with E-state index < -0.39 is 19.1 Å². The number of benzene rings is 3. The number of nitrogens with one attached hydrogen (secondary N) is 1. The Morgan fingerprint density at radius 1 is 0.564 bits per heavy atom. The fourth-order valence-corrected chi connectivity index (χ4v) is 9.88. The fraction of sp³-hybridized carbons (Fsp3) is 0.475. The molecule has 3 aromatic rings. The van der Waals surface area contributed by atoms with Crippen LogP contribution >= 0.6 is 33.9 Å². The highest BCUT2D eigenvalue weighted by atomic mass is 35.7. The minimum atomic E-state index is -3.61. The van der Waals surface area contributed by atoms with Crippen molar-refractivity contribution in [2.75, 3.05) is 0 Å². The number of hydrogen-bond donors (Lipinski definition) is 1. The molecule has 3 heterocycles. The number of piperidine rings is 3. The maximum Gasteiger partial charge on any atom is 0.261 e. The van der Waals surface area contributed by atoms with E-state index in [-0.39, 0.29) is 40.5 Å². The lowest BCUT2D eigenvalue weighted by atomic mass is 9.95. The zero-order valence-electron chi connectivity index (χ0n) is 32.1. The van der Waals surface area contributed by atoms with E-state index in [0.29, 0.717) is 71.5 Å². The summed E-state index contributed by atoms with van der Waals surface area (Å²) in [5.74, 6) is 0.917. The van der Waals surface area contributed by atoms with E-state index in [4.69, 9.17) is 33.9 Å². The molecule has 6 rings (SSSR count). The van der Waals surface area contributed by atoms with Crippen molar-refractivity contribution in [3.05, 3.63) is 94.5 Å². The predicted molar refractivity (Wildman–Crippen MR) is 220 cm³/mol. The highest BCUT2D eigenvalue weighted by Gasteiger charge is 2.38. The summed E-state index contributed by atoms with van der Waals surface area (Å²) in [4.78, 5) is 36.5. The van der Waals surface area contributed by atoms with E-state index in [0.717, 1.165) is 6.54 Å². The van der Waals surface area contributed by atoms with Gasteiger partial charge >= 0.3 is 0 Å². The smallest absolute Gasteiger partial charge is 0.261 e. The van der Waals surface area contributed by atoms with Crippen LogP contribution < -0.4 is 5.32 Å². The van der Waals surface area contributed by atoms with Crippen molar-refractivity contribution in [2.24, 2.45) is 0 Å². The molecule has 0 unspecified atom stereocenters. The molecule has 0 spiro atoms. The minimum Gasteiger partial charge on any atom is -0.311 e. The maximum atomic E-state index is 12.6. The van der Waals surface area contributed by atoms with Crippen LogP contribution in [0.15, 0.2) is 88.7 Å². The van der Waals surface area contributed by atoms with Gasteiger partial charge in [-0.25, -0.2) is 16.8 Å². The number of carbonyl (C=O) groups is 3. The normalized spacial score (nSPS) is 25.0. The summed E-state index contributed by atoms with van der Waals surface area (Å²) in [5, 5.41) is 4.26. The number of nitrogens with zero attached hydrogens (tertiary/aromatic N) is 2. The van der Waals surface area contributed by atoms with Crippen molar-refractivity contribution in [2.45, 2.75) is 133 Å². The summed E-state index contributed by atoms with van der Waals surface area (Å²) in [5.41, 5.74) is 1.33. The SMILES string of the molecule is C[C@@H]1CC(=O)C[C@H](C)N1.C[C@@H]1CC(=O)C[C@H](C)N1Cc1ccccc1.C[C@@H]1CC(=O)C[C@H](C)N1S(=O)(=O)c1ccc(Cl)cc1.O=S(=O)(Cl)c1ccc(Cl)cc1. The van der Waals surface area contributed by atoms with E-state index >= 15 is 0 Å². The topological polar surface area (TPSA) is 138 Å². The molecule has 3 aliphatic rings. The Morgan fingerprint density at radius 2 is 0.945 bits per heavy atom. The van der Waals surface area contributed by atoms with Gasteiger partial charge in [0.05, 0.1) is 9.79 Å². The van der Waals surface area contributed by atoms with Gasteiger partial charge in [0.15, 0.2) is 0 Å². The first-order valence-electron chi connectivity index (χ1n) is 18.3. The van der Waals surface area contributed by atoms with Gasteiger partial charge in [-0.15, -0.1) is 0 Å². The molecule has 6 atom stereocenters. The molecule has 55 heavy (non-hydrogen) atoms. The highest BCUT2D eigenvalue weighted by molar-refractivity contribution is 8.13. The van der Waals surface area contributed by atoms with Gasteiger partial charge < -0.3 is 5.32 Å². The van der Waals surface area contributed by atoms with E-state index in [2.05, 4.69) is 48.3 Å². The Kier molecular flexibility index (Phi) is 18.0. The number of rotatable bonds is 5. The second-order valence-electron chi connectivity index (χ2n) is 14.5. The van der Waals surface area contributed by atoms with Crippen LogP contribution in [0.2, 0.25) is 10.0 Å². The van der Waals surface area contributed by atoms with Crippen LogP contribution in [0.4, 0.5) is 0 Å². The van der Waals surface area contributed by atoms with Crippen LogP contribution in [-0.2, 0) is 40.0 Å². The molecule has 0 aromatic heterocycles. The van der Waals surface area contributed by atoms with Crippen LogP contribution in [0.5, 0.6) is 0 Å². The van der Waals surface area contributed by atoms with Crippen molar-refractivity contribution < 1.29 is 31.2 Å². The van der Waals surface area contributed by atoms with Gasteiger partial charge in [0.1, 0.15) is 17.3 Å². The number of carbonyl (C=O) groups excluding carboxylic acids is 3. The molecule has 1 N–H and O–H groups in total. The van der Waals surface area contributed by atoms with Gasteiger partial charge in [-0.2, -0.15) is 4.31 Å². The number of likely N-dealkylation sites (tertiary alicyclic amines) is 1. The molecule has 3 aliphatic heterocycles. The summed E-state index contributed by atoms with van der Waals surface area (Å²) in [7, 11) is -2.14. The van der Waals surface area contributed by atoms with Crippen molar-refractivity contribution in [3.8, 4) is 0 Å². The molecule has 3 saturated heterocycles. The van der Waals surface area contributed by atoms with Gasteiger partial charge in [0.25, 0.3) is 9.05 Å². The quantitative estimate of drug-likeness (QED) is 0.253. The predicted octanol–water partition coefficient (Wildman–Crippen LogP) is 8.08. The van der Waals surface area contributed by atoms with Crippen LogP contribution in [0, 0.1) is 0 Å². The number of sulfonamides is 1. The average Bonchev–Trinajstić information content (AvgIpc) is 3.06. The lowest BCUT2D eigenvalue weighted by Crippen LogP contribution is -2.49. The van der Waals surface area contributed by atoms with Crippen LogP contribution in [-0.4, -0.2) is 79.6 Å². The molecular formula is C40H52Cl3N3O7S2. The molecule has 302 valence electrons. The van der Waals surface area contributed by atoms with Gasteiger partial charge in [-0.1, -0.05) is 53.5 Å². The van der Waals surface area contributed by atoms with Gasteiger partial charge in [-0.3, -0.25) is 19.3 Å². The second-order valence-corrected chi connectivity index (χ2v) is 19.8. The van der Waals surface area contributed by atoms with E-state index in [9.17, 15) is 31.2 Å². The molecule has 0 aliphatic carbocycles. The first kappa shape index (κ1) is 46.7. The second kappa shape index (κ2) is 21.2. The number of Topliss-reactive ketones (excluding diaryl/α,β-unsaturated/α-hetero) is 3. The average molecular weight is 857 g/mol. The summed E-state index contributed by atoms with van der Waals surface area (Å²) >= 11 is 11.3. The Bertz CT molecular complexity index is 1910. The van der Waals surface area contributed by atoms with Crippen LogP contribution in [0.25, 0.3) is 0 Å². The monoisotopic (exact) mass is 855 g/mol. The Morgan fingerprint density at radius 3 is 1.35 bits per heavy atom. The minimum absolute atomic E-state index is 0.0589.